The van der Waals surface area contributed by atoms with E-state index in [9.17, 15) is 30.1 Å². The van der Waals surface area contributed by atoms with Crippen LogP contribution in [-0.2, 0) is 26.1 Å². The molecule has 0 radical (unpaired) electrons. The first-order valence-corrected chi connectivity index (χ1v) is 15.3. The van der Waals surface area contributed by atoms with E-state index in [1.54, 1.807) is 13.8 Å². The fourth-order valence-electron chi connectivity index (χ4n) is 7.80. The summed E-state index contributed by atoms with van der Waals surface area (Å²) in [6.07, 6.45) is 0.472. The number of nitro benzene ring substituents is 2. The number of aliphatic hydroxyl groups is 1. The molecule has 1 heterocycles. The molecular weight excluding hydrogens is 602 g/mol. The Morgan fingerprint density at radius 2 is 1.34 bits per heavy atom. The third-order valence-electron chi connectivity index (χ3n) is 9.38. The number of nitrogens with zero attached hydrogens (tertiary/aromatic N) is 3. The zero-order valence-electron chi connectivity index (χ0n) is 25.6. The van der Waals surface area contributed by atoms with Crippen LogP contribution in [0.1, 0.15) is 41.7 Å². The van der Waals surface area contributed by atoms with Crippen molar-refractivity contribution in [1.29, 1.82) is 0 Å². The van der Waals surface area contributed by atoms with Crippen LogP contribution >= 0.6 is 0 Å². The van der Waals surface area contributed by atoms with Gasteiger partial charge in [0.05, 0.1) is 34.7 Å². The number of hydrogen-bond donors (Lipinski definition) is 1. The van der Waals surface area contributed by atoms with Crippen LogP contribution in [0.3, 0.4) is 0 Å². The molecule has 236 valence electrons. The molecule has 11 nitrogen and oxygen atoms in total. The highest BCUT2D eigenvalue weighted by atomic mass is 16.6. The van der Waals surface area contributed by atoms with Crippen molar-refractivity contribution >= 4 is 23.1 Å². The van der Waals surface area contributed by atoms with E-state index in [1.807, 2.05) is 77.4 Å². The third-order valence-corrected chi connectivity index (χ3v) is 9.38. The van der Waals surface area contributed by atoms with E-state index in [0.29, 0.717) is 17.7 Å². The summed E-state index contributed by atoms with van der Waals surface area (Å²) >= 11 is 0. The predicted molar refractivity (Wildman–Crippen MR) is 172 cm³/mol. The number of carbonyl (C=O) groups is 1. The second-order valence-corrected chi connectivity index (χ2v) is 11.5. The van der Waals surface area contributed by atoms with Gasteiger partial charge in [0.2, 0.25) is 5.71 Å². The number of fused-ring (bicyclic) bond motifs is 6. The number of non-ortho nitro benzene ring substituents is 2. The Kier molecular flexibility index (Phi) is 6.92. The number of rotatable bonds is 8. The minimum absolute atomic E-state index is 0.0324. The molecule has 1 atom stereocenters. The zero-order valence-corrected chi connectivity index (χ0v) is 25.6. The number of nitro groups is 2. The number of aliphatic hydroxyl groups excluding tert-OH is 1. The molecule has 0 saturated heterocycles. The number of hydrogen-bond acceptors (Lipinski definition) is 8. The van der Waals surface area contributed by atoms with Gasteiger partial charge in [-0.3, -0.25) is 20.2 Å². The van der Waals surface area contributed by atoms with Crippen LogP contribution in [0.5, 0.6) is 0 Å². The lowest BCUT2D eigenvalue weighted by atomic mass is 9.85. The first-order chi connectivity index (χ1) is 22.7. The minimum Gasteiger partial charge on any atom is -0.481 e. The first kappa shape index (κ1) is 29.8. The van der Waals surface area contributed by atoms with Crippen LogP contribution in [0.4, 0.5) is 11.4 Å². The van der Waals surface area contributed by atoms with E-state index in [0.717, 1.165) is 33.9 Å². The van der Waals surface area contributed by atoms with E-state index < -0.39 is 44.1 Å². The average Bonchev–Trinajstić information content (AvgIpc) is 3.63. The number of esters is 1. The minimum atomic E-state index is -1.73. The summed E-state index contributed by atoms with van der Waals surface area (Å²) in [5, 5.41) is 35.9. The molecule has 0 bridgehead atoms. The molecule has 4 aromatic carbocycles. The maximum atomic E-state index is 14.9. The molecule has 1 saturated carbocycles. The fourth-order valence-corrected chi connectivity index (χ4v) is 7.80. The maximum Gasteiger partial charge on any atom is 0.385 e. The van der Waals surface area contributed by atoms with Crippen molar-refractivity contribution in [2.75, 3.05) is 19.8 Å². The number of benzene rings is 4. The quantitative estimate of drug-likeness (QED) is 0.0819. The smallest absolute Gasteiger partial charge is 0.385 e. The van der Waals surface area contributed by atoms with Gasteiger partial charge in [0.1, 0.15) is 17.5 Å². The first-order valence-electron chi connectivity index (χ1n) is 15.3. The van der Waals surface area contributed by atoms with Crippen molar-refractivity contribution in [3.63, 3.8) is 0 Å². The second-order valence-electron chi connectivity index (χ2n) is 11.5. The summed E-state index contributed by atoms with van der Waals surface area (Å²) in [4.78, 5) is 37.6. The van der Waals surface area contributed by atoms with Gasteiger partial charge in [-0.05, 0) is 47.7 Å². The topological polar surface area (TPSA) is 145 Å². The Morgan fingerprint density at radius 1 is 0.809 bits per heavy atom. The van der Waals surface area contributed by atoms with Crippen molar-refractivity contribution in [3.05, 3.63) is 151 Å². The number of ether oxygens (including phenoxy) is 2. The van der Waals surface area contributed by atoms with Gasteiger partial charge in [0.15, 0.2) is 0 Å². The Labute approximate surface area is 269 Å². The van der Waals surface area contributed by atoms with Gasteiger partial charge in [-0.25, -0.2) is 9.37 Å². The molecule has 2 aliphatic carbocycles. The molecule has 11 heteroatoms. The predicted octanol–water partition coefficient (Wildman–Crippen LogP) is 6.00. The Morgan fingerprint density at radius 3 is 1.89 bits per heavy atom. The molecule has 7 rings (SSSR count). The van der Waals surface area contributed by atoms with Crippen molar-refractivity contribution in [2.24, 2.45) is 0 Å². The van der Waals surface area contributed by atoms with Gasteiger partial charge >= 0.3 is 11.5 Å². The molecule has 0 amide bonds. The molecule has 0 aromatic heterocycles. The highest BCUT2D eigenvalue weighted by Crippen LogP contribution is 2.75. The van der Waals surface area contributed by atoms with Crippen LogP contribution in [0, 0.1) is 20.2 Å². The zero-order chi connectivity index (χ0) is 33.1. The molecule has 1 spiro atoms. The summed E-state index contributed by atoms with van der Waals surface area (Å²) in [6, 6.07) is 26.3. The molecule has 3 aliphatic rings. The Hall–Kier alpha value is -5.84. The van der Waals surface area contributed by atoms with Crippen molar-refractivity contribution in [1.82, 2.24) is 0 Å². The van der Waals surface area contributed by atoms with Crippen LogP contribution in [-0.4, -0.2) is 56.5 Å². The SMILES string of the molecule is CCOC(=O)C1([N+]2=C(c3cc([N+](=O)[O-])cc([N+](=O)[O-])c3)c3ccccc3CC2)/C(=C(/O)OCC)C12c1ccccc1-c1ccccc12. The standard InChI is InChI=1S/C36H29N3O8/c1-3-46-33(40)32-35(29-15-9-7-13-27(29)28-14-8-10-16-30(28)35)36(32,34(41)47-4-2)37-18-17-22-11-5-6-12-26(22)31(37)23-19-24(38(42)43)21-25(20-23)39(44)45/h5-16,19-21H,3-4,17-18H2,1-2H3/p+1/b33-32-. The fraction of sp³-hybridized carbons (Fsp3) is 0.222. The summed E-state index contributed by atoms with van der Waals surface area (Å²) in [6.45, 7) is 3.79. The van der Waals surface area contributed by atoms with Gasteiger partial charge in [0, 0.05) is 24.1 Å². The van der Waals surface area contributed by atoms with E-state index in [1.165, 1.54) is 12.1 Å². The largest absolute Gasteiger partial charge is 0.481 e. The molecule has 1 N–H and O–H groups in total. The Bertz CT molecular complexity index is 2010. The highest BCUT2D eigenvalue weighted by molar-refractivity contribution is 6.14. The van der Waals surface area contributed by atoms with E-state index in [-0.39, 0.29) is 30.9 Å². The number of carbonyl (C=O) groups excluding carboxylic acids is 1. The van der Waals surface area contributed by atoms with Crippen LogP contribution in [0.15, 0.2) is 103 Å². The summed E-state index contributed by atoms with van der Waals surface area (Å²) in [5.74, 6) is -1.07. The van der Waals surface area contributed by atoms with Gasteiger partial charge in [0.25, 0.3) is 17.3 Å². The normalized spacial score (nSPS) is 19.4. The van der Waals surface area contributed by atoms with Gasteiger partial charge in [-0.1, -0.05) is 66.7 Å². The van der Waals surface area contributed by atoms with Gasteiger partial charge < -0.3 is 14.6 Å². The van der Waals surface area contributed by atoms with Gasteiger partial charge in [-0.15, -0.1) is 0 Å². The molecule has 1 fully saturated rings. The van der Waals surface area contributed by atoms with E-state index in [4.69, 9.17) is 9.47 Å². The van der Waals surface area contributed by atoms with Gasteiger partial charge in [-0.2, -0.15) is 0 Å². The Balaban J connectivity index is 1.68. The highest BCUT2D eigenvalue weighted by Gasteiger charge is 2.92. The third kappa shape index (κ3) is 3.98. The van der Waals surface area contributed by atoms with Crippen LogP contribution in [0.25, 0.3) is 11.1 Å². The monoisotopic (exact) mass is 632 g/mol. The van der Waals surface area contributed by atoms with Crippen molar-refractivity contribution < 1.29 is 33.8 Å². The maximum absolute atomic E-state index is 14.9. The van der Waals surface area contributed by atoms with Crippen molar-refractivity contribution in [2.45, 2.75) is 31.2 Å². The summed E-state index contributed by atoms with van der Waals surface area (Å²) in [7, 11) is 0. The molecule has 47 heavy (non-hydrogen) atoms. The molecular formula is C36H30N3O8+. The summed E-state index contributed by atoms with van der Waals surface area (Å²) in [5.41, 5.74) is 1.70. The lowest BCUT2D eigenvalue weighted by Gasteiger charge is -2.26. The van der Waals surface area contributed by atoms with Crippen LogP contribution in [0.2, 0.25) is 0 Å². The lowest BCUT2D eigenvalue weighted by Crippen LogP contribution is -2.50. The van der Waals surface area contributed by atoms with Crippen LogP contribution < -0.4 is 0 Å². The molecule has 4 aromatic rings. The summed E-state index contributed by atoms with van der Waals surface area (Å²) < 4.78 is 13.5. The molecule has 1 aliphatic heterocycles. The van der Waals surface area contributed by atoms with E-state index >= 15 is 0 Å². The van der Waals surface area contributed by atoms with Crippen molar-refractivity contribution in [3.8, 4) is 11.1 Å². The second kappa shape index (κ2) is 10.9. The molecule has 1 unspecified atom stereocenters. The van der Waals surface area contributed by atoms with E-state index in [2.05, 4.69) is 0 Å². The lowest BCUT2D eigenvalue weighted by molar-refractivity contribution is -0.569. The average molecular weight is 633 g/mol.